The molecule has 0 spiro atoms. The molecule has 24 heavy (non-hydrogen) atoms. The topological polar surface area (TPSA) is 88.0 Å². The van der Waals surface area contributed by atoms with Crippen LogP contribution in [0.25, 0.3) is 0 Å². The second-order valence-corrected chi connectivity index (χ2v) is 13.2. The standard InChI is InChI=1S/C16H26BNO5Si/c1-22-15(19)12-5-6-13-10-16(17(20)21,18-14(13)9-12)11-23-7-8-24(2,3)4/h5-6,9,18,20-21H,7-8,10-11H2,1-4H3. The van der Waals surface area contributed by atoms with Gasteiger partial charge < -0.3 is 24.8 Å². The molecule has 1 heterocycles. The minimum atomic E-state index is -1.57. The van der Waals surface area contributed by atoms with Gasteiger partial charge >= 0.3 is 13.1 Å². The molecule has 1 unspecified atom stereocenters. The molecule has 1 aromatic carbocycles. The summed E-state index contributed by atoms with van der Waals surface area (Å²) in [6, 6.07) is 6.18. The van der Waals surface area contributed by atoms with Gasteiger partial charge in [-0.25, -0.2) is 4.79 Å². The van der Waals surface area contributed by atoms with Crippen LogP contribution in [0.2, 0.25) is 25.7 Å². The molecule has 0 radical (unpaired) electrons. The van der Waals surface area contributed by atoms with Gasteiger partial charge in [-0.3, -0.25) is 0 Å². The first-order chi connectivity index (χ1) is 11.2. The van der Waals surface area contributed by atoms with Crippen molar-refractivity contribution in [1.82, 2.24) is 0 Å². The molecule has 0 saturated heterocycles. The first-order valence-electron chi connectivity index (χ1n) is 8.10. The van der Waals surface area contributed by atoms with E-state index in [-0.39, 0.29) is 6.61 Å². The van der Waals surface area contributed by atoms with Gasteiger partial charge in [0.2, 0.25) is 0 Å². The summed E-state index contributed by atoms with van der Waals surface area (Å²) in [4.78, 5) is 11.6. The number of ether oxygens (including phenoxy) is 2. The van der Waals surface area contributed by atoms with Crippen molar-refractivity contribution in [3.05, 3.63) is 29.3 Å². The largest absolute Gasteiger partial charge is 0.481 e. The zero-order valence-corrected chi connectivity index (χ0v) is 15.8. The van der Waals surface area contributed by atoms with E-state index in [0.717, 1.165) is 11.6 Å². The Hall–Kier alpha value is -1.35. The highest BCUT2D eigenvalue weighted by Gasteiger charge is 2.47. The smallest absolute Gasteiger partial charge is 0.465 e. The van der Waals surface area contributed by atoms with E-state index in [1.54, 1.807) is 18.2 Å². The number of esters is 1. The van der Waals surface area contributed by atoms with Gasteiger partial charge in [0.15, 0.2) is 0 Å². The van der Waals surface area contributed by atoms with Gasteiger partial charge in [0.1, 0.15) is 0 Å². The van der Waals surface area contributed by atoms with E-state index < -0.39 is 26.6 Å². The predicted octanol–water partition coefficient (Wildman–Crippen LogP) is 1.55. The third-order valence-electron chi connectivity index (χ3n) is 4.27. The lowest BCUT2D eigenvalue weighted by molar-refractivity contribution is 0.0601. The van der Waals surface area contributed by atoms with Crippen molar-refractivity contribution in [2.24, 2.45) is 0 Å². The third kappa shape index (κ3) is 4.38. The number of carbonyl (C=O) groups is 1. The highest BCUT2D eigenvalue weighted by atomic mass is 28.3. The zero-order chi connectivity index (χ0) is 18.0. The first kappa shape index (κ1) is 19.0. The molecule has 8 heteroatoms. The average molecular weight is 351 g/mol. The number of hydrogen-bond acceptors (Lipinski definition) is 6. The number of nitrogens with one attached hydrogen (secondary N) is 1. The molecular formula is C16H26BNO5Si. The maximum absolute atomic E-state index is 11.6. The van der Waals surface area contributed by atoms with E-state index in [1.165, 1.54) is 7.11 Å². The Morgan fingerprint density at radius 2 is 2.08 bits per heavy atom. The highest BCUT2D eigenvalue weighted by molar-refractivity contribution is 6.76. The Bertz CT molecular complexity index is 605. The summed E-state index contributed by atoms with van der Waals surface area (Å²) in [5.41, 5.74) is 1.06. The molecule has 0 bridgehead atoms. The monoisotopic (exact) mass is 351 g/mol. The van der Waals surface area contributed by atoms with Crippen LogP contribution in [0.4, 0.5) is 5.69 Å². The molecule has 0 aliphatic carbocycles. The number of carbonyl (C=O) groups excluding carboxylic acids is 1. The van der Waals surface area contributed by atoms with Crippen LogP contribution in [-0.4, -0.2) is 57.0 Å². The van der Waals surface area contributed by atoms with Crippen LogP contribution in [0.15, 0.2) is 18.2 Å². The van der Waals surface area contributed by atoms with Crippen LogP contribution in [-0.2, 0) is 15.9 Å². The lowest BCUT2D eigenvalue weighted by Gasteiger charge is -2.29. The Kier molecular flexibility index (Phi) is 5.75. The van der Waals surface area contributed by atoms with Gasteiger partial charge in [0, 0.05) is 20.4 Å². The Morgan fingerprint density at radius 1 is 1.38 bits per heavy atom. The summed E-state index contributed by atoms with van der Waals surface area (Å²) >= 11 is 0. The summed E-state index contributed by atoms with van der Waals surface area (Å²) in [7, 11) is -1.44. The number of rotatable bonds is 7. The predicted molar refractivity (Wildman–Crippen MR) is 97.0 cm³/mol. The summed E-state index contributed by atoms with van der Waals surface area (Å²) in [6.07, 6.45) is 0.425. The lowest BCUT2D eigenvalue weighted by atomic mass is 9.64. The van der Waals surface area contributed by atoms with Gasteiger partial charge in [-0.1, -0.05) is 25.7 Å². The molecule has 1 aliphatic heterocycles. The van der Waals surface area contributed by atoms with Gasteiger partial charge in [-0.15, -0.1) is 0 Å². The zero-order valence-electron chi connectivity index (χ0n) is 14.8. The molecule has 0 fully saturated rings. The minimum absolute atomic E-state index is 0.192. The second-order valence-electron chi connectivity index (χ2n) is 7.56. The highest BCUT2D eigenvalue weighted by Crippen LogP contribution is 2.34. The van der Waals surface area contributed by atoms with Gasteiger partial charge in [-0.2, -0.15) is 0 Å². The molecule has 1 aliphatic rings. The minimum Gasteiger partial charge on any atom is -0.465 e. The molecule has 6 nitrogen and oxygen atoms in total. The van der Waals surface area contributed by atoms with E-state index in [4.69, 9.17) is 9.47 Å². The van der Waals surface area contributed by atoms with Crippen molar-refractivity contribution in [2.45, 2.75) is 37.5 Å². The number of benzene rings is 1. The van der Waals surface area contributed by atoms with Gasteiger partial charge in [0.25, 0.3) is 0 Å². The fraction of sp³-hybridized carbons (Fsp3) is 0.562. The maximum atomic E-state index is 11.6. The number of methoxy groups -OCH3 is 1. The molecule has 0 saturated carbocycles. The molecule has 3 N–H and O–H groups in total. The molecule has 0 aromatic heterocycles. The molecule has 2 rings (SSSR count). The first-order valence-corrected chi connectivity index (χ1v) is 11.8. The van der Waals surface area contributed by atoms with Crippen LogP contribution in [0.1, 0.15) is 15.9 Å². The molecule has 1 aromatic rings. The summed E-state index contributed by atoms with van der Waals surface area (Å²) in [6.45, 7) is 7.61. The number of anilines is 1. The Balaban J connectivity index is 2.08. The lowest BCUT2D eigenvalue weighted by Crippen LogP contribution is -2.55. The van der Waals surface area contributed by atoms with Crippen LogP contribution < -0.4 is 5.32 Å². The summed E-state index contributed by atoms with van der Waals surface area (Å²) in [5.74, 6) is -0.423. The Morgan fingerprint density at radius 3 is 2.67 bits per heavy atom. The van der Waals surface area contributed by atoms with Gasteiger partial charge in [0.05, 0.1) is 24.7 Å². The average Bonchev–Trinajstić information content (AvgIpc) is 2.89. The quantitative estimate of drug-likeness (QED) is 0.392. The van der Waals surface area contributed by atoms with E-state index >= 15 is 0 Å². The second kappa shape index (κ2) is 7.27. The fourth-order valence-corrected chi connectivity index (χ4v) is 3.45. The van der Waals surface area contributed by atoms with Crippen molar-refractivity contribution in [2.75, 3.05) is 25.6 Å². The maximum Gasteiger partial charge on any atom is 0.481 e. The fourth-order valence-electron chi connectivity index (χ4n) is 2.69. The van der Waals surface area contributed by atoms with E-state index in [0.29, 0.717) is 24.3 Å². The van der Waals surface area contributed by atoms with Crippen molar-refractivity contribution < 1.29 is 24.3 Å². The van der Waals surface area contributed by atoms with Gasteiger partial charge in [-0.05, 0) is 30.2 Å². The third-order valence-corrected chi connectivity index (χ3v) is 5.97. The van der Waals surface area contributed by atoms with E-state index in [9.17, 15) is 14.8 Å². The van der Waals surface area contributed by atoms with Crippen molar-refractivity contribution in [3.8, 4) is 0 Å². The number of fused-ring (bicyclic) bond motifs is 1. The van der Waals surface area contributed by atoms with Crippen LogP contribution in [0, 0.1) is 0 Å². The molecule has 1 atom stereocenters. The van der Waals surface area contributed by atoms with Crippen molar-refractivity contribution in [1.29, 1.82) is 0 Å². The van der Waals surface area contributed by atoms with Crippen LogP contribution >= 0.6 is 0 Å². The summed E-state index contributed by atoms with van der Waals surface area (Å²) < 4.78 is 10.5. The summed E-state index contributed by atoms with van der Waals surface area (Å²) in [5, 5.41) is 22.9. The van der Waals surface area contributed by atoms with Crippen molar-refractivity contribution >= 4 is 26.8 Å². The molecule has 132 valence electrons. The molecular weight excluding hydrogens is 325 g/mol. The number of hydrogen-bond donors (Lipinski definition) is 3. The van der Waals surface area contributed by atoms with Crippen LogP contribution in [0.3, 0.4) is 0 Å². The SMILES string of the molecule is COC(=O)c1ccc2c(c1)NC(COCC[Si](C)(C)C)(B(O)O)C2. The van der Waals surface area contributed by atoms with E-state index in [1.807, 2.05) is 0 Å². The Labute approximate surface area is 144 Å². The van der Waals surface area contributed by atoms with Crippen LogP contribution in [0.5, 0.6) is 0 Å². The van der Waals surface area contributed by atoms with E-state index in [2.05, 4.69) is 25.0 Å². The normalized spacial score (nSPS) is 19.6. The van der Waals surface area contributed by atoms with Crippen molar-refractivity contribution in [3.63, 3.8) is 0 Å². The molecule has 0 amide bonds.